The summed E-state index contributed by atoms with van der Waals surface area (Å²) < 4.78 is 61.9. The van der Waals surface area contributed by atoms with Crippen molar-refractivity contribution >= 4 is 15.8 Å². The SMILES string of the molecule is O=C(O)C1(S(=O)(=O)c2ccccc2C(F)(F)F)CCCC1. The maximum absolute atomic E-state index is 13.0. The molecule has 1 fully saturated rings. The Hall–Kier alpha value is -1.57. The van der Waals surface area contributed by atoms with E-state index in [1.807, 2.05) is 0 Å². The Kier molecular flexibility index (Phi) is 3.77. The maximum atomic E-state index is 13.0. The minimum absolute atomic E-state index is 0.170. The molecule has 0 radical (unpaired) electrons. The van der Waals surface area contributed by atoms with Crippen LogP contribution in [0.3, 0.4) is 0 Å². The lowest BCUT2D eigenvalue weighted by Gasteiger charge is -2.25. The molecule has 1 aromatic rings. The molecule has 0 bridgehead atoms. The van der Waals surface area contributed by atoms with E-state index < -0.39 is 37.2 Å². The van der Waals surface area contributed by atoms with Gasteiger partial charge >= 0.3 is 12.1 Å². The van der Waals surface area contributed by atoms with Crippen LogP contribution in [0.15, 0.2) is 29.2 Å². The first kappa shape index (κ1) is 15.8. The number of sulfone groups is 1. The van der Waals surface area contributed by atoms with E-state index in [1.165, 1.54) is 0 Å². The van der Waals surface area contributed by atoms with E-state index >= 15 is 0 Å². The highest BCUT2D eigenvalue weighted by molar-refractivity contribution is 7.93. The van der Waals surface area contributed by atoms with Crippen LogP contribution in [-0.2, 0) is 20.8 Å². The summed E-state index contributed by atoms with van der Waals surface area (Å²) in [5.41, 5.74) is -1.32. The first-order valence-corrected chi connectivity index (χ1v) is 7.75. The topological polar surface area (TPSA) is 71.4 Å². The maximum Gasteiger partial charge on any atom is 0.417 e. The van der Waals surface area contributed by atoms with Crippen LogP contribution in [0.4, 0.5) is 13.2 Å². The highest BCUT2D eigenvalue weighted by Gasteiger charge is 2.55. The molecular formula is C13H13F3O4S. The fraction of sp³-hybridized carbons (Fsp3) is 0.462. The van der Waals surface area contributed by atoms with E-state index in [0.29, 0.717) is 18.9 Å². The smallest absolute Gasteiger partial charge is 0.417 e. The lowest BCUT2D eigenvalue weighted by Crippen LogP contribution is -2.44. The van der Waals surface area contributed by atoms with E-state index in [4.69, 9.17) is 0 Å². The molecule has 2 rings (SSSR count). The molecule has 0 spiro atoms. The summed E-state index contributed by atoms with van der Waals surface area (Å²) in [5, 5.41) is 9.29. The van der Waals surface area contributed by atoms with Crippen LogP contribution in [0.25, 0.3) is 0 Å². The number of halogens is 3. The molecule has 0 amide bonds. The van der Waals surface area contributed by atoms with Crippen LogP contribution in [-0.4, -0.2) is 24.2 Å². The summed E-state index contributed by atoms with van der Waals surface area (Å²) in [6, 6.07) is 3.70. The standard InChI is InChI=1S/C13H13F3O4S/c14-13(15,16)9-5-1-2-6-10(9)21(19,20)12(11(17)18)7-3-4-8-12/h1-2,5-6H,3-4,7-8H2,(H,17,18). The van der Waals surface area contributed by atoms with Gasteiger partial charge in [-0.05, 0) is 25.0 Å². The molecule has 0 unspecified atom stereocenters. The van der Waals surface area contributed by atoms with Gasteiger partial charge < -0.3 is 5.11 Å². The summed E-state index contributed by atoms with van der Waals surface area (Å²) in [7, 11) is -4.63. The molecule has 1 N–H and O–H groups in total. The van der Waals surface area contributed by atoms with Gasteiger partial charge in [0.1, 0.15) is 0 Å². The van der Waals surface area contributed by atoms with Gasteiger partial charge in [-0.1, -0.05) is 25.0 Å². The Bertz CT molecular complexity index is 658. The van der Waals surface area contributed by atoms with Crippen LogP contribution >= 0.6 is 0 Å². The zero-order chi connectivity index (χ0) is 15.9. The molecule has 1 aromatic carbocycles. The normalized spacial score (nSPS) is 18.6. The van der Waals surface area contributed by atoms with Gasteiger partial charge in [0.05, 0.1) is 10.5 Å². The minimum atomic E-state index is -4.86. The monoisotopic (exact) mass is 322 g/mol. The zero-order valence-corrected chi connectivity index (χ0v) is 11.7. The third kappa shape index (κ3) is 2.41. The van der Waals surface area contributed by atoms with Gasteiger partial charge in [0.2, 0.25) is 0 Å². The Morgan fingerprint density at radius 1 is 1.14 bits per heavy atom. The zero-order valence-electron chi connectivity index (χ0n) is 10.9. The first-order chi connectivity index (χ1) is 9.63. The number of benzene rings is 1. The summed E-state index contributed by atoms with van der Waals surface area (Å²) in [6.07, 6.45) is -4.48. The molecule has 21 heavy (non-hydrogen) atoms. The second-order valence-electron chi connectivity index (χ2n) is 5.00. The van der Waals surface area contributed by atoms with Gasteiger partial charge in [-0.25, -0.2) is 8.42 Å². The van der Waals surface area contributed by atoms with E-state index in [0.717, 1.165) is 18.2 Å². The van der Waals surface area contributed by atoms with E-state index in [2.05, 4.69) is 0 Å². The van der Waals surface area contributed by atoms with Crippen molar-refractivity contribution in [1.29, 1.82) is 0 Å². The molecular weight excluding hydrogens is 309 g/mol. The first-order valence-electron chi connectivity index (χ1n) is 6.27. The predicted molar refractivity (Wildman–Crippen MR) is 67.5 cm³/mol. The number of rotatable bonds is 3. The van der Waals surface area contributed by atoms with E-state index in [1.54, 1.807) is 0 Å². The number of carboxylic acid groups (broad SMARTS) is 1. The Balaban J connectivity index is 2.68. The Morgan fingerprint density at radius 2 is 1.67 bits per heavy atom. The number of carbonyl (C=O) groups is 1. The lowest BCUT2D eigenvalue weighted by molar-refractivity contribution is -0.141. The van der Waals surface area contributed by atoms with E-state index in [-0.39, 0.29) is 12.8 Å². The van der Waals surface area contributed by atoms with Crippen molar-refractivity contribution in [3.63, 3.8) is 0 Å². The van der Waals surface area contributed by atoms with Gasteiger partial charge in [-0.3, -0.25) is 4.79 Å². The predicted octanol–water partition coefficient (Wildman–Crippen LogP) is 2.88. The molecule has 0 heterocycles. The highest BCUT2D eigenvalue weighted by Crippen LogP contribution is 2.44. The van der Waals surface area contributed by atoms with Gasteiger partial charge in [0.15, 0.2) is 14.6 Å². The molecule has 0 atom stereocenters. The molecule has 1 aliphatic rings. The molecule has 116 valence electrons. The fourth-order valence-corrected chi connectivity index (χ4v) is 4.90. The second kappa shape index (κ2) is 5.01. The summed E-state index contributed by atoms with van der Waals surface area (Å²) in [4.78, 5) is 10.5. The number of aliphatic carboxylic acids is 1. The molecule has 0 saturated heterocycles. The van der Waals surface area contributed by atoms with Gasteiger partial charge in [0.25, 0.3) is 0 Å². The van der Waals surface area contributed by atoms with Crippen LogP contribution in [0.5, 0.6) is 0 Å². The van der Waals surface area contributed by atoms with Crippen molar-refractivity contribution in [3.05, 3.63) is 29.8 Å². The lowest BCUT2D eigenvalue weighted by atomic mass is 10.1. The number of alkyl halides is 3. The highest BCUT2D eigenvalue weighted by atomic mass is 32.2. The number of hydrogen-bond acceptors (Lipinski definition) is 3. The van der Waals surface area contributed by atoms with Crippen molar-refractivity contribution in [2.45, 2.75) is 41.5 Å². The van der Waals surface area contributed by atoms with Crippen molar-refractivity contribution in [2.75, 3.05) is 0 Å². The molecule has 8 heteroatoms. The number of hydrogen-bond donors (Lipinski definition) is 1. The third-order valence-electron chi connectivity index (χ3n) is 3.80. The average Bonchev–Trinajstić information content (AvgIpc) is 2.89. The van der Waals surface area contributed by atoms with Crippen LogP contribution < -0.4 is 0 Å². The van der Waals surface area contributed by atoms with Gasteiger partial charge in [0, 0.05) is 0 Å². The molecule has 0 aromatic heterocycles. The quantitative estimate of drug-likeness (QED) is 0.929. The Morgan fingerprint density at radius 3 is 2.14 bits per heavy atom. The van der Waals surface area contributed by atoms with Crippen molar-refractivity contribution in [1.82, 2.24) is 0 Å². The van der Waals surface area contributed by atoms with Crippen LogP contribution in [0.1, 0.15) is 31.2 Å². The van der Waals surface area contributed by atoms with Crippen LogP contribution in [0.2, 0.25) is 0 Å². The molecule has 1 saturated carbocycles. The van der Waals surface area contributed by atoms with Crippen molar-refractivity contribution in [2.24, 2.45) is 0 Å². The van der Waals surface area contributed by atoms with Crippen molar-refractivity contribution in [3.8, 4) is 0 Å². The summed E-state index contributed by atoms with van der Waals surface area (Å²) >= 11 is 0. The summed E-state index contributed by atoms with van der Waals surface area (Å²) in [5.74, 6) is -1.59. The Labute approximate surface area is 119 Å². The fourth-order valence-electron chi connectivity index (χ4n) is 2.69. The largest absolute Gasteiger partial charge is 0.480 e. The molecule has 4 nitrogen and oxygen atoms in total. The van der Waals surface area contributed by atoms with Gasteiger partial charge in [-0.15, -0.1) is 0 Å². The summed E-state index contributed by atoms with van der Waals surface area (Å²) in [6.45, 7) is 0. The van der Waals surface area contributed by atoms with Gasteiger partial charge in [-0.2, -0.15) is 13.2 Å². The molecule has 1 aliphatic carbocycles. The second-order valence-corrected chi connectivity index (χ2v) is 7.23. The van der Waals surface area contributed by atoms with Crippen LogP contribution in [0, 0.1) is 0 Å². The van der Waals surface area contributed by atoms with E-state index in [9.17, 15) is 31.5 Å². The third-order valence-corrected chi connectivity index (χ3v) is 6.34. The molecule has 0 aliphatic heterocycles. The minimum Gasteiger partial charge on any atom is -0.480 e. The van der Waals surface area contributed by atoms with Crippen molar-refractivity contribution < 1.29 is 31.5 Å². The number of carboxylic acids is 1. The average molecular weight is 322 g/mol.